The summed E-state index contributed by atoms with van der Waals surface area (Å²) in [6.45, 7) is 2.84. The molecule has 0 aliphatic heterocycles. The second-order valence-electron chi connectivity index (χ2n) is 4.53. The molecule has 1 aromatic carbocycles. The quantitative estimate of drug-likeness (QED) is 0.716. The number of fused-ring (bicyclic) bond motifs is 1. The lowest BCUT2D eigenvalue weighted by Gasteiger charge is -2.03. The van der Waals surface area contributed by atoms with E-state index in [4.69, 9.17) is 0 Å². The summed E-state index contributed by atoms with van der Waals surface area (Å²) >= 11 is 0. The molecular weight excluding hydrogens is 236 g/mol. The average Bonchev–Trinajstić information content (AvgIpc) is 2.83. The number of aromatic nitrogens is 4. The van der Waals surface area contributed by atoms with Crippen LogP contribution in [0.5, 0.6) is 0 Å². The minimum absolute atomic E-state index is 0.723. The number of nitrogens with zero attached hydrogens (tertiary/aromatic N) is 4. The van der Waals surface area contributed by atoms with Crippen molar-refractivity contribution in [3.8, 4) is 0 Å². The van der Waals surface area contributed by atoms with Crippen molar-refractivity contribution in [1.29, 1.82) is 0 Å². The van der Waals surface area contributed by atoms with Crippen LogP contribution in [-0.2, 0) is 13.0 Å². The zero-order valence-corrected chi connectivity index (χ0v) is 10.9. The van der Waals surface area contributed by atoms with Crippen molar-refractivity contribution in [3.05, 3.63) is 54.1 Å². The first-order valence-electron chi connectivity index (χ1n) is 6.51. The highest BCUT2D eigenvalue weighted by atomic mass is 15.3. The molecule has 0 saturated heterocycles. The summed E-state index contributed by atoms with van der Waals surface area (Å²) in [5.74, 6) is 0.838. The molecule has 0 aliphatic rings. The predicted molar refractivity (Wildman–Crippen MR) is 73.7 cm³/mol. The van der Waals surface area contributed by atoms with E-state index in [1.54, 1.807) is 6.20 Å². The van der Waals surface area contributed by atoms with Crippen LogP contribution in [0.3, 0.4) is 0 Å². The molecule has 3 aromatic rings. The Morgan fingerprint density at radius 1 is 1.21 bits per heavy atom. The normalized spacial score (nSPS) is 11.0. The number of aryl methyl sites for hydroxylation is 1. The Balaban J connectivity index is 1.97. The summed E-state index contributed by atoms with van der Waals surface area (Å²) in [5.41, 5.74) is 2.07. The molecule has 0 unspecified atom stereocenters. The Morgan fingerprint density at radius 3 is 2.84 bits per heavy atom. The molecule has 4 heteroatoms. The number of rotatable bonds is 4. The lowest BCUT2D eigenvalue weighted by atomic mass is 10.2. The Bertz CT molecular complexity index is 673. The van der Waals surface area contributed by atoms with Crippen LogP contribution in [0.15, 0.2) is 36.5 Å². The van der Waals surface area contributed by atoms with Gasteiger partial charge in [0.05, 0.1) is 18.1 Å². The summed E-state index contributed by atoms with van der Waals surface area (Å²) in [4.78, 5) is 8.81. The fourth-order valence-electron chi connectivity index (χ4n) is 2.06. The molecule has 0 bridgehead atoms. The van der Waals surface area contributed by atoms with Gasteiger partial charge in [0.25, 0.3) is 0 Å². The van der Waals surface area contributed by atoms with E-state index in [0.717, 1.165) is 36.2 Å². The van der Waals surface area contributed by atoms with E-state index in [0.29, 0.717) is 0 Å². The average molecular weight is 251 g/mol. The minimum atomic E-state index is 0.723. The van der Waals surface area contributed by atoms with Crippen molar-refractivity contribution in [3.63, 3.8) is 0 Å². The van der Waals surface area contributed by atoms with E-state index in [1.807, 2.05) is 22.9 Å². The third-order valence-electron chi connectivity index (χ3n) is 3.00. The molecule has 1 radical (unpaired) electrons. The van der Waals surface area contributed by atoms with Gasteiger partial charge in [-0.05, 0) is 12.0 Å². The van der Waals surface area contributed by atoms with E-state index in [-0.39, 0.29) is 0 Å². The predicted octanol–water partition coefficient (Wildman–Crippen LogP) is 2.63. The van der Waals surface area contributed by atoms with Gasteiger partial charge in [-0.3, -0.25) is 0 Å². The molecule has 95 valence electrons. The fourth-order valence-corrected chi connectivity index (χ4v) is 2.06. The minimum Gasteiger partial charge on any atom is -0.243 e. The van der Waals surface area contributed by atoms with Crippen LogP contribution in [0, 0.1) is 6.20 Å². The van der Waals surface area contributed by atoms with Crippen molar-refractivity contribution in [1.82, 2.24) is 19.7 Å². The van der Waals surface area contributed by atoms with Gasteiger partial charge in [-0.1, -0.05) is 37.3 Å². The first kappa shape index (κ1) is 11.8. The fraction of sp³-hybridized carbons (Fsp3) is 0.267. The van der Waals surface area contributed by atoms with Gasteiger partial charge in [-0.15, -0.1) is 0 Å². The van der Waals surface area contributed by atoms with Gasteiger partial charge in [0.2, 0.25) is 0 Å². The third kappa shape index (κ3) is 2.47. The standard InChI is InChI=1S/C15H15N4/c1-2-6-14-16-9-13-10-17-19(15(13)18-14)11-12-7-4-3-5-8-12/h3-5,7-8,10H,2,6,11H2,1H3. The zero-order chi connectivity index (χ0) is 13.1. The van der Waals surface area contributed by atoms with Gasteiger partial charge in [-0.2, -0.15) is 5.10 Å². The molecule has 0 saturated carbocycles. The van der Waals surface area contributed by atoms with E-state index in [1.165, 1.54) is 5.56 Å². The Labute approximate surface area is 112 Å². The summed E-state index contributed by atoms with van der Waals surface area (Å²) in [6, 6.07) is 10.3. The monoisotopic (exact) mass is 251 g/mol. The summed E-state index contributed by atoms with van der Waals surface area (Å²) < 4.78 is 1.90. The van der Waals surface area contributed by atoms with Gasteiger partial charge in [0, 0.05) is 6.42 Å². The van der Waals surface area contributed by atoms with Gasteiger partial charge in [0.15, 0.2) is 5.65 Å². The van der Waals surface area contributed by atoms with Crippen LogP contribution in [0.1, 0.15) is 24.7 Å². The molecule has 4 nitrogen and oxygen atoms in total. The first-order valence-corrected chi connectivity index (χ1v) is 6.51. The summed E-state index contributed by atoms with van der Waals surface area (Å²) in [5, 5.41) is 5.25. The third-order valence-corrected chi connectivity index (χ3v) is 3.00. The van der Waals surface area contributed by atoms with Crippen LogP contribution in [0.2, 0.25) is 0 Å². The first-order chi connectivity index (χ1) is 9.36. The maximum absolute atomic E-state index is 4.58. The second kappa shape index (κ2) is 5.18. The van der Waals surface area contributed by atoms with Crippen molar-refractivity contribution in [2.24, 2.45) is 0 Å². The molecule has 0 N–H and O–H groups in total. The van der Waals surface area contributed by atoms with Crippen LogP contribution in [0.25, 0.3) is 11.0 Å². The maximum atomic E-state index is 4.58. The van der Waals surface area contributed by atoms with Crippen molar-refractivity contribution in [2.75, 3.05) is 0 Å². The van der Waals surface area contributed by atoms with E-state index >= 15 is 0 Å². The zero-order valence-electron chi connectivity index (χ0n) is 10.9. The molecule has 19 heavy (non-hydrogen) atoms. The smallest absolute Gasteiger partial charge is 0.162 e. The van der Waals surface area contributed by atoms with E-state index < -0.39 is 0 Å². The maximum Gasteiger partial charge on any atom is 0.162 e. The molecule has 2 aromatic heterocycles. The number of hydrogen-bond acceptors (Lipinski definition) is 3. The van der Waals surface area contributed by atoms with Gasteiger partial charge >= 0.3 is 0 Å². The SMILES string of the molecule is CCCc1n[c]c2cnn(Cc3ccccc3)c2n1. The van der Waals surface area contributed by atoms with Crippen LogP contribution >= 0.6 is 0 Å². The Hall–Kier alpha value is -2.23. The topological polar surface area (TPSA) is 43.6 Å². The lowest BCUT2D eigenvalue weighted by molar-refractivity contribution is 0.699. The van der Waals surface area contributed by atoms with Gasteiger partial charge in [-0.25, -0.2) is 14.6 Å². The lowest BCUT2D eigenvalue weighted by Crippen LogP contribution is -2.04. The second-order valence-corrected chi connectivity index (χ2v) is 4.53. The highest BCUT2D eigenvalue weighted by Crippen LogP contribution is 2.12. The highest BCUT2D eigenvalue weighted by molar-refractivity contribution is 5.72. The van der Waals surface area contributed by atoms with E-state index in [9.17, 15) is 0 Å². The highest BCUT2D eigenvalue weighted by Gasteiger charge is 2.07. The van der Waals surface area contributed by atoms with Gasteiger partial charge in [0.1, 0.15) is 12.0 Å². The Morgan fingerprint density at radius 2 is 2.05 bits per heavy atom. The van der Waals surface area contributed by atoms with Crippen molar-refractivity contribution >= 4 is 11.0 Å². The number of benzene rings is 1. The Kier molecular flexibility index (Phi) is 3.23. The molecule has 0 spiro atoms. The summed E-state index contributed by atoms with van der Waals surface area (Å²) in [6.07, 6.45) is 6.70. The molecule has 2 heterocycles. The summed E-state index contributed by atoms with van der Waals surface area (Å²) in [7, 11) is 0. The molecule has 0 atom stereocenters. The van der Waals surface area contributed by atoms with E-state index in [2.05, 4.69) is 40.3 Å². The molecule has 0 amide bonds. The molecule has 0 aliphatic carbocycles. The van der Waals surface area contributed by atoms with Crippen LogP contribution < -0.4 is 0 Å². The largest absolute Gasteiger partial charge is 0.243 e. The van der Waals surface area contributed by atoms with Gasteiger partial charge < -0.3 is 0 Å². The molecular formula is C15H15N4. The number of hydrogen-bond donors (Lipinski definition) is 0. The van der Waals surface area contributed by atoms with Crippen LogP contribution in [0.4, 0.5) is 0 Å². The van der Waals surface area contributed by atoms with Crippen molar-refractivity contribution in [2.45, 2.75) is 26.3 Å². The molecule has 0 fully saturated rings. The molecule has 3 rings (SSSR count). The van der Waals surface area contributed by atoms with Crippen molar-refractivity contribution < 1.29 is 0 Å². The van der Waals surface area contributed by atoms with Crippen LogP contribution in [-0.4, -0.2) is 19.7 Å².